The van der Waals surface area contributed by atoms with Gasteiger partial charge in [-0.05, 0) is 24.5 Å². The van der Waals surface area contributed by atoms with E-state index in [9.17, 15) is 0 Å². The SMILES string of the molecule is CCCC(C)COCCCOc1ccccc1C(N)=S. The molecule has 0 fully saturated rings. The van der Waals surface area contributed by atoms with Crippen molar-refractivity contribution in [1.82, 2.24) is 0 Å². The molecule has 1 atom stereocenters. The van der Waals surface area contributed by atoms with Crippen molar-refractivity contribution in [3.05, 3.63) is 29.8 Å². The first kappa shape index (κ1) is 16.9. The van der Waals surface area contributed by atoms with Gasteiger partial charge in [0.1, 0.15) is 10.7 Å². The maximum Gasteiger partial charge on any atom is 0.129 e. The van der Waals surface area contributed by atoms with Gasteiger partial charge in [-0.2, -0.15) is 0 Å². The van der Waals surface area contributed by atoms with Gasteiger partial charge in [0.15, 0.2) is 0 Å². The monoisotopic (exact) mass is 295 g/mol. The average molecular weight is 295 g/mol. The summed E-state index contributed by atoms with van der Waals surface area (Å²) in [5.74, 6) is 1.38. The highest BCUT2D eigenvalue weighted by atomic mass is 32.1. The Hall–Kier alpha value is -1.13. The normalized spacial score (nSPS) is 12.1. The van der Waals surface area contributed by atoms with E-state index in [1.54, 1.807) is 0 Å². The number of para-hydroxylation sites is 1. The van der Waals surface area contributed by atoms with Gasteiger partial charge in [0, 0.05) is 19.6 Å². The Morgan fingerprint density at radius 3 is 2.75 bits per heavy atom. The molecule has 0 saturated carbocycles. The van der Waals surface area contributed by atoms with E-state index >= 15 is 0 Å². The molecule has 1 aromatic carbocycles. The van der Waals surface area contributed by atoms with Crippen LogP contribution in [0.1, 0.15) is 38.7 Å². The Labute approximate surface area is 127 Å². The van der Waals surface area contributed by atoms with Gasteiger partial charge < -0.3 is 15.2 Å². The summed E-state index contributed by atoms with van der Waals surface area (Å²) in [5, 5.41) is 0. The molecule has 2 N–H and O–H groups in total. The van der Waals surface area contributed by atoms with Crippen molar-refractivity contribution in [2.45, 2.75) is 33.1 Å². The largest absolute Gasteiger partial charge is 0.493 e. The van der Waals surface area contributed by atoms with E-state index in [2.05, 4.69) is 13.8 Å². The van der Waals surface area contributed by atoms with Gasteiger partial charge in [0.2, 0.25) is 0 Å². The van der Waals surface area contributed by atoms with Gasteiger partial charge in [-0.25, -0.2) is 0 Å². The van der Waals surface area contributed by atoms with Gasteiger partial charge in [-0.3, -0.25) is 0 Å². The fourth-order valence-corrected chi connectivity index (χ4v) is 2.17. The first-order valence-electron chi connectivity index (χ1n) is 7.24. The number of hydrogen-bond acceptors (Lipinski definition) is 3. The van der Waals surface area contributed by atoms with E-state index in [4.69, 9.17) is 27.4 Å². The molecule has 0 amide bonds. The zero-order valence-corrected chi connectivity index (χ0v) is 13.2. The smallest absolute Gasteiger partial charge is 0.129 e. The van der Waals surface area contributed by atoms with Crippen molar-refractivity contribution in [3.63, 3.8) is 0 Å². The van der Waals surface area contributed by atoms with Crippen LogP contribution in [0.15, 0.2) is 24.3 Å². The Morgan fingerprint density at radius 1 is 1.30 bits per heavy atom. The third-order valence-electron chi connectivity index (χ3n) is 3.03. The molecule has 3 nitrogen and oxygen atoms in total. The zero-order valence-electron chi connectivity index (χ0n) is 12.4. The second kappa shape index (κ2) is 9.72. The predicted octanol–water partition coefficient (Wildman–Crippen LogP) is 3.54. The molecule has 0 aliphatic heterocycles. The molecular formula is C16H25NO2S. The van der Waals surface area contributed by atoms with Crippen molar-refractivity contribution in [2.24, 2.45) is 11.7 Å². The van der Waals surface area contributed by atoms with Crippen LogP contribution < -0.4 is 10.5 Å². The number of rotatable bonds is 10. The summed E-state index contributed by atoms with van der Waals surface area (Å²) >= 11 is 5.00. The Kier molecular flexibility index (Phi) is 8.23. The third-order valence-corrected chi connectivity index (χ3v) is 3.25. The van der Waals surface area contributed by atoms with Crippen LogP contribution in [-0.4, -0.2) is 24.8 Å². The number of hydrogen-bond donors (Lipinski definition) is 1. The molecule has 0 aromatic heterocycles. The van der Waals surface area contributed by atoms with Crippen LogP contribution in [-0.2, 0) is 4.74 Å². The van der Waals surface area contributed by atoms with Gasteiger partial charge in [0.25, 0.3) is 0 Å². The standard InChI is InChI=1S/C16H25NO2S/c1-3-7-13(2)12-18-10-6-11-19-15-9-5-4-8-14(15)16(17)20/h4-5,8-9,13H,3,6-7,10-12H2,1-2H3,(H2,17,20). The first-order valence-corrected chi connectivity index (χ1v) is 7.65. The zero-order chi connectivity index (χ0) is 14.8. The molecule has 112 valence electrons. The molecule has 20 heavy (non-hydrogen) atoms. The van der Waals surface area contributed by atoms with Crippen molar-refractivity contribution < 1.29 is 9.47 Å². The summed E-state index contributed by atoms with van der Waals surface area (Å²) in [6.45, 7) is 6.59. The highest BCUT2D eigenvalue weighted by Gasteiger charge is 2.05. The van der Waals surface area contributed by atoms with Gasteiger partial charge >= 0.3 is 0 Å². The molecule has 1 rings (SSSR count). The Morgan fingerprint density at radius 2 is 2.05 bits per heavy atom. The van der Waals surface area contributed by atoms with Crippen molar-refractivity contribution in [2.75, 3.05) is 19.8 Å². The van der Waals surface area contributed by atoms with E-state index in [0.29, 0.717) is 17.5 Å². The summed E-state index contributed by atoms with van der Waals surface area (Å²) < 4.78 is 11.3. The summed E-state index contributed by atoms with van der Waals surface area (Å²) in [7, 11) is 0. The minimum Gasteiger partial charge on any atom is -0.493 e. The fourth-order valence-electron chi connectivity index (χ4n) is 2.00. The maximum atomic E-state index is 5.71. The highest BCUT2D eigenvalue weighted by molar-refractivity contribution is 7.80. The number of nitrogens with two attached hydrogens (primary N) is 1. The minimum atomic E-state index is 0.366. The van der Waals surface area contributed by atoms with E-state index < -0.39 is 0 Å². The molecule has 4 heteroatoms. The van der Waals surface area contributed by atoms with Crippen LogP contribution in [0.3, 0.4) is 0 Å². The molecule has 0 aliphatic rings. The molecule has 0 heterocycles. The van der Waals surface area contributed by atoms with Crippen LogP contribution >= 0.6 is 12.2 Å². The minimum absolute atomic E-state index is 0.366. The lowest BCUT2D eigenvalue weighted by Crippen LogP contribution is -2.13. The van der Waals surface area contributed by atoms with Gasteiger partial charge in [0.05, 0.1) is 12.2 Å². The topological polar surface area (TPSA) is 44.5 Å². The molecule has 1 aromatic rings. The maximum absolute atomic E-state index is 5.71. The molecule has 0 aliphatic carbocycles. The predicted molar refractivity (Wildman–Crippen MR) is 87.3 cm³/mol. The molecule has 0 radical (unpaired) electrons. The summed E-state index contributed by atoms with van der Waals surface area (Å²) in [6.07, 6.45) is 3.30. The van der Waals surface area contributed by atoms with Crippen LogP contribution in [0.4, 0.5) is 0 Å². The molecule has 0 saturated heterocycles. The van der Waals surface area contributed by atoms with Crippen molar-refractivity contribution >= 4 is 17.2 Å². The Bertz CT molecular complexity index is 409. The van der Waals surface area contributed by atoms with Crippen LogP contribution in [0.2, 0.25) is 0 Å². The lowest BCUT2D eigenvalue weighted by Gasteiger charge is -2.12. The van der Waals surface area contributed by atoms with E-state index in [1.807, 2.05) is 24.3 Å². The van der Waals surface area contributed by atoms with Crippen LogP contribution in [0.25, 0.3) is 0 Å². The summed E-state index contributed by atoms with van der Waals surface area (Å²) in [5.41, 5.74) is 6.45. The van der Waals surface area contributed by atoms with Crippen LogP contribution in [0.5, 0.6) is 5.75 Å². The summed E-state index contributed by atoms with van der Waals surface area (Å²) in [6, 6.07) is 7.58. The lowest BCUT2D eigenvalue weighted by molar-refractivity contribution is 0.0910. The molecule has 0 spiro atoms. The van der Waals surface area contributed by atoms with Gasteiger partial charge in [-0.1, -0.05) is 44.6 Å². The van der Waals surface area contributed by atoms with Crippen molar-refractivity contribution in [1.29, 1.82) is 0 Å². The fraction of sp³-hybridized carbons (Fsp3) is 0.562. The second-order valence-corrected chi connectivity index (χ2v) is 5.47. The van der Waals surface area contributed by atoms with E-state index in [-0.39, 0.29) is 0 Å². The first-order chi connectivity index (χ1) is 9.65. The lowest BCUT2D eigenvalue weighted by atomic mass is 10.1. The average Bonchev–Trinajstić information content (AvgIpc) is 2.43. The number of thiocarbonyl (C=S) groups is 1. The molecule has 1 unspecified atom stereocenters. The molecule has 0 bridgehead atoms. The number of benzene rings is 1. The molecular weight excluding hydrogens is 270 g/mol. The third kappa shape index (κ3) is 6.35. The van der Waals surface area contributed by atoms with Crippen LogP contribution in [0, 0.1) is 5.92 Å². The summed E-state index contributed by atoms with van der Waals surface area (Å²) in [4.78, 5) is 0.366. The second-order valence-electron chi connectivity index (χ2n) is 5.03. The van der Waals surface area contributed by atoms with E-state index in [1.165, 1.54) is 12.8 Å². The highest BCUT2D eigenvalue weighted by Crippen LogP contribution is 2.17. The van der Waals surface area contributed by atoms with E-state index in [0.717, 1.165) is 30.9 Å². The van der Waals surface area contributed by atoms with Crippen molar-refractivity contribution in [3.8, 4) is 5.75 Å². The number of ether oxygens (including phenoxy) is 2. The quantitative estimate of drug-likeness (QED) is 0.529. The Balaban J connectivity index is 2.20. The van der Waals surface area contributed by atoms with Gasteiger partial charge in [-0.15, -0.1) is 0 Å².